The van der Waals surface area contributed by atoms with Crippen molar-refractivity contribution in [3.63, 3.8) is 0 Å². The van der Waals surface area contributed by atoms with Crippen molar-refractivity contribution in [3.05, 3.63) is 21.9 Å². The van der Waals surface area contributed by atoms with E-state index in [9.17, 15) is 9.59 Å². The number of hydrogen-bond donors (Lipinski definition) is 1. The molecule has 1 N–H and O–H groups in total. The first-order valence-electron chi connectivity index (χ1n) is 6.61. The number of nitrogens with one attached hydrogen (secondary N) is 1. The Balaban J connectivity index is 1.87. The average Bonchev–Trinajstić information content (AvgIpc) is 3.02. The summed E-state index contributed by atoms with van der Waals surface area (Å²) in [6.45, 7) is 5.41. The van der Waals surface area contributed by atoms with Gasteiger partial charge in [-0.2, -0.15) is 0 Å². The number of hydrogen-bond acceptors (Lipinski definition) is 4. The third kappa shape index (κ3) is 3.12. The van der Waals surface area contributed by atoms with Crippen molar-refractivity contribution in [1.82, 2.24) is 10.2 Å². The molecule has 2 heterocycles. The van der Waals surface area contributed by atoms with Crippen LogP contribution in [0.25, 0.3) is 0 Å². The molecule has 1 aromatic rings. The fraction of sp³-hybridized carbons (Fsp3) is 0.571. The number of carbonyl (C=O) groups excluding carboxylic acids is 2. The van der Waals surface area contributed by atoms with Gasteiger partial charge in [-0.15, -0.1) is 11.3 Å². The Morgan fingerprint density at radius 1 is 1.50 bits per heavy atom. The molecule has 1 fully saturated rings. The van der Waals surface area contributed by atoms with Crippen molar-refractivity contribution in [2.75, 3.05) is 20.2 Å². The second kappa shape index (κ2) is 5.83. The molecule has 0 spiro atoms. The minimum absolute atomic E-state index is 0.122. The number of thiophene rings is 1. The second-order valence-corrected chi connectivity index (χ2v) is 6.77. The Kier molecular flexibility index (Phi) is 4.32. The number of esters is 1. The number of methoxy groups -OCH3 is 1. The molecule has 1 aliphatic heterocycles. The zero-order chi connectivity index (χ0) is 14.8. The van der Waals surface area contributed by atoms with E-state index in [-0.39, 0.29) is 12.0 Å². The van der Waals surface area contributed by atoms with Gasteiger partial charge in [-0.1, -0.05) is 0 Å². The van der Waals surface area contributed by atoms with E-state index in [2.05, 4.69) is 5.32 Å². The molecule has 2 amide bonds. The van der Waals surface area contributed by atoms with E-state index in [1.807, 2.05) is 26.0 Å². The Morgan fingerprint density at radius 3 is 2.85 bits per heavy atom. The molecule has 1 atom stereocenters. The number of likely N-dealkylation sites (tertiary alicyclic amines) is 1. The lowest BCUT2D eigenvalue weighted by molar-refractivity contribution is -0.150. The van der Waals surface area contributed by atoms with Crippen LogP contribution >= 0.6 is 11.3 Å². The molecule has 0 unspecified atom stereocenters. The van der Waals surface area contributed by atoms with Crippen molar-refractivity contribution in [2.24, 2.45) is 5.41 Å². The van der Waals surface area contributed by atoms with E-state index in [4.69, 9.17) is 4.74 Å². The highest BCUT2D eigenvalue weighted by molar-refractivity contribution is 7.11. The molecule has 20 heavy (non-hydrogen) atoms. The monoisotopic (exact) mass is 296 g/mol. The molecule has 2 rings (SSSR count). The molecule has 1 saturated heterocycles. The predicted octanol–water partition coefficient (Wildman–Crippen LogP) is 2.15. The molecule has 0 aliphatic carbocycles. The average molecular weight is 296 g/mol. The van der Waals surface area contributed by atoms with Gasteiger partial charge in [0, 0.05) is 22.8 Å². The Hall–Kier alpha value is -1.56. The highest BCUT2D eigenvalue weighted by Gasteiger charge is 2.42. The first kappa shape index (κ1) is 14.8. The summed E-state index contributed by atoms with van der Waals surface area (Å²) in [5, 5.41) is 2.89. The summed E-state index contributed by atoms with van der Waals surface area (Å²) in [7, 11) is 1.38. The minimum Gasteiger partial charge on any atom is -0.469 e. The van der Waals surface area contributed by atoms with Crippen LogP contribution < -0.4 is 5.32 Å². The van der Waals surface area contributed by atoms with Crippen molar-refractivity contribution >= 4 is 23.3 Å². The Labute approximate surface area is 122 Å². The van der Waals surface area contributed by atoms with Crippen molar-refractivity contribution < 1.29 is 14.3 Å². The first-order valence-corrected chi connectivity index (χ1v) is 7.43. The largest absolute Gasteiger partial charge is 0.469 e. The maximum Gasteiger partial charge on any atom is 0.317 e. The van der Waals surface area contributed by atoms with Gasteiger partial charge in [-0.25, -0.2) is 4.79 Å². The lowest BCUT2D eigenvalue weighted by Gasteiger charge is -2.21. The van der Waals surface area contributed by atoms with Gasteiger partial charge in [0.1, 0.15) is 0 Å². The second-order valence-electron chi connectivity index (χ2n) is 5.39. The quantitative estimate of drug-likeness (QED) is 0.870. The van der Waals surface area contributed by atoms with Gasteiger partial charge >= 0.3 is 12.0 Å². The van der Waals surface area contributed by atoms with Crippen LogP contribution in [-0.4, -0.2) is 37.1 Å². The van der Waals surface area contributed by atoms with Crippen LogP contribution in [0.3, 0.4) is 0 Å². The summed E-state index contributed by atoms with van der Waals surface area (Å²) < 4.78 is 4.80. The highest BCUT2D eigenvalue weighted by atomic mass is 32.1. The summed E-state index contributed by atoms with van der Waals surface area (Å²) in [5.41, 5.74) is -0.578. The molecule has 1 aliphatic rings. The molecule has 0 aromatic carbocycles. The van der Waals surface area contributed by atoms with Crippen molar-refractivity contribution in [2.45, 2.75) is 26.8 Å². The summed E-state index contributed by atoms with van der Waals surface area (Å²) in [4.78, 5) is 27.8. The van der Waals surface area contributed by atoms with Crippen molar-refractivity contribution in [3.8, 4) is 0 Å². The molecule has 0 saturated carbocycles. The number of rotatable bonds is 3. The number of urea groups is 1. The van der Waals surface area contributed by atoms with Crippen LogP contribution in [-0.2, 0) is 16.1 Å². The number of nitrogens with zero attached hydrogens (tertiary/aromatic N) is 1. The third-order valence-electron chi connectivity index (χ3n) is 3.65. The van der Waals surface area contributed by atoms with Crippen molar-refractivity contribution in [1.29, 1.82) is 0 Å². The van der Waals surface area contributed by atoms with Crippen LogP contribution in [0.2, 0.25) is 0 Å². The molecule has 5 nitrogen and oxygen atoms in total. The van der Waals surface area contributed by atoms with E-state index >= 15 is 0 Å². The summed E-state index contributed by atoms with van der Waals surface area (Å²) in [6, 6.07) is 3.93. The van der Waals surface area contributed by atoms with E-state index in [0.29, 0.717) is 26.1 Å². The maximum atomic E-state index is 12.1. The highest BCUT2D eigenvalue weighted by Crippen LogP contribution is 2.31. The van der Waals surface area contributed by atoms with Gasteiger partial charge in [-0.3, -0.25) is 4.79 Å². The molecule has 6 heteroatoms. The van der Waals surface area contributed by atoms with Gasteiger partial charge in [-0.05, 0) is 32.4 Å². The molecule has 0 radical (unpaired) electrons. The minimum atomic E-state index is -0.578. The van der Waals surface area contributed by atoms with Crippen LogP contribution in [0.4, 0.5) is 4.79 Å². The van der Waals surface area contributed by atoms with E-state index in [0.717, 1.165) is 4.88 Å². The number of aryl methyl sites for hydroxylation is 1. The molecule has 0 bridgehead atoms. The van der Waals surface area contributed by atoms with Gasteiger partial charge in [0.05, 0.1) is 19.1 Å². The van der Waals surface area contributed by atoms with E-state index < -0.39 is 5.41 Å². The van der Waals surface area contributed by atoms with Crippen LogP contribution in [0.15, 0.2) is 12.1 Å². The zero-order valence-electron chi connectivity index (χ0n) is 12.1. The smallest absolute Gasteiger partial charge is 0.317 e. The van der Waals surface area contributed by atoms with E-state index in [1.54, 1.807) is 16.2 Å². The fourth-order valence-electron chi connectivity index (χ4n) is 2.40. The molecular weight excluding hydrogens is 276 g/mol. The van der Waals surface area contributed by atoms with Gasteiger partial charge in [0.25, 0.3) is 0 Å². The number of carbonyl (C=O) groups is 2. The Bertz CT molecular complexity index is 514. The van der Waals surface area contributed by atoms with Gasteiger partial charge in [0.15, 0.2) is 0 Å². The van der Waals surface area contributed by atoms with Gasteiger partial charge in [0.2, 0.25) is 0 Å². The normalized spacial score (nSPS) is 21.9. The van der Waals surface area contributed by atoms with Crippen LogP contribution in [0, 0.1) is 12.3 Å². The van der Waals surface area contributed by atoms with E-state index in [1.165, 1.54) is 12.0 Å². The van der Waals surface area contributed by atoms with Crippen LogP contribution in [0.1, 0.15) is 23.1 Å². The zero-order valence-corrected chi connectivity index (χ0v) is 12.9. The predicted molar refractivity (Wildman–Crippen MR) is 77.6 cm³/mol. The summed E-state index contributed by atoms with van der Waals surface area (Å²) >= 11 is 1.67. The number of amides is 2. The maximum absolute atomic E-state index is 12.1. The lowest BCUT2D eigenvalue weighted by Crippen LogP contribution is -2.40. The SMILES string of the molecule is COC(=O)[C@@]1(C)CCN(C(=O)NCc2ccc(C)s2)C1. The first-order chi connectivity index (χ1) is 9.44. The molecule has 110 valence electrons. The topological polar surface area (TPSA) is 58.6 Å². The Morgan fingerprint density at radius 2 is 2.25 bits per heavy atom. The summed E-state index contributed by atoms with van der Waals surface area (Å²) in [5.74, 6) is -0.248. The standard InChI is InChI=1S/C14H20N2O3S/c1-10-4-5-11(20-10)8-15-13(18)16-7-6-14(2,9-16)12(17)19-3/h4-5H,6-9H2,1-3H3,(H,15,18)/t14-/m0/s1. The lowest BCUT2D eigenvalue weighted by atomic mass is 9.90. The fourth-order valence-corrected chi connectivity index (χ4v) is 3.23. The third-order valence-corrected chi connectivity index (χ3v) is 4.65. The van der Waals surface area contributed by atoms with Gasteiger partial charge < -0.3 is 15.0 Å². The molecular formula is C14H20N2O3S. The van der Waals surface area contributed by atoms with Crippen LogP contribution in [0.5, 0.6) is 0 Å². The summed E-state index contributed by atoms with van der Waals surface area (Å²) in [6.07, 6.45) is 0.644. The number of ether oxygens (including phenoxy) is 1. The molecule has 1 aromatic heterocycles.